The lowest BCUT2D eigenvalue weighted by molar-refractivity contribution is -0.121. The molecule has 0 fully saturated rings. The smallest absolute Gasteiger partial charge is 0.225 e. The van der Waals surface area contributed by atoms with Crippen LogP contribution in [0.5, 0.6) is 0 Å². The van der Waals surface area contributed by atoms with Crippen molar-refractivity contribution in [2.75, 3.05) is 0 Å². The number of carbonyl (C=O) groups excluding carboxylic acids is 1. The molecule has 1 aromatic heterocycles. The molecule has 112 valence electrons. The summed E-state index contributed by atoms with van der Waals surface area (Å²) in [6.45, 7) is 5.78. The van der Waals surface area contributed by atoms with E-state index in [1.54, 1.807) is 12.1 Å². The van der Waals surface area contributed by atoms with Crippen molar-refractivity contribution in [3.05, 3.63) is 47.3 Å². The SMILES string of the molecule is Cc1nc(C(NC(=O)Cc2cccc(F)c2)C(C)C)n[nH]1. The molecule has 0 saturated carbocycles. The molecular formula is C15H19FN4O. The maximum atomic E-state index is 13.1. The second kappa shape index (κ2) is 6.47. The highest BCUT2D eigenvalue weighted by atomic mass is 19.1. The summed E-state index contributed by atoms with van der Waals surface area (Å²) in [5, 5.41) is 9.78. The van der Waals surface area contributed by atoms with Crippen molar-refractivity contribution >= 4 is 5.91 Å². The lowest BCUT2D eigenvalue weighted by Crippen LogP contribution is -2.33. The Morgan fingerprint density at radius 3 is 2.76 bits per heavy atom. The third-order valence-corrected chi connectivity index (χ3v) is 3.13. The van der Waals surface area contributed by atoms with Crippen LogP contribution in [-0.2, 0) is 11.2 Å². The van der Waals surface area contributed by atoms with Gasteiger partial charge in [-0.05, 0) is 30.5 Å². The van der Waals surface area contributed by atoms with Crippen LogP contribution in [0.2, 0.25) is 0 Å². The zero-order valence-corrected chi connectivity index (χ0v) is 12.4. The Balaban J connectivity index is 2.05. The van der Waals surface area contributed by atoms with Crippen LogP contribution in [0.3, 0.4) is 0 Å². The molecule has 0 aliphatic rings. The topological polar surface area (TPSA) is 70.7 Å². The minimum absolute atomic E-state index is 0.129. The predicted octanol–water partition coefficient (Wildman–Crippen LogP) is 2.31. The minimum Gasteiger partial charge on any atom is -0.345 e. The summed E-state index contributed by atoms with van der Waals surface area (Å²) >= 11 is 0. The number of aromatic amines is 1. The normalized spacial score (nSPS) is 12.4. The fraction of sp³-hybridized carbons (Fsp3) is 0.400. The molecule has 2 aromatic rings. The fourth-order valence-electron chi connectivity index (χ4n) is 2.09. The van der Waals surface area contributed by atoms with E-state index < -0.39 is 0 Å². The number of aryl methyl sites for hydroxylation is 1. The molecule has 2 rings (SSSR count). The van der Waals surface area contributed by atoms with Gasteiger partial charge in [0.15, 0.2) is 5.82 Å². The van der Waals surface area contributed by atoms with E-state index in [-0.39, 0.29) is 30.1 Å². The number of rotatable bonds is 5. The highest BCUT2D eigenvalue weighted by Crippen LogP contribution is 2.18. The molecule has 1 atom stereocenters. The number of aromatic nitrogens is 3. The van der Waals surface area contributed by atoms with Crippen LogP contribution in [0.1, 0.15) is 37.1 Å². The van der Waals surface area contributed by atoms with Crippen molar-refractivity contribution < 1.29 is 9.18 Å². The fourth-order valence-corrected chi connectivity index (χ4v) is 2.09. The Morgan fingerprint density at radius 2 is 2.19 bits per heavy atom. The molecule has 0 spiro atoms. The van der Waals surface area contributed by atoms with E-state index in [0.717, 1.165) is 0 Å². The van der Waals surface area contributed by atoms with Crippen molar-refractivity contribution in [2.45, 2.75) is 33.2 Å². The van der Waals surface area contributed by atoms with Crippen LogP contribution >= 0.6 is 0 Å². The summed E-state index contributed by atoms with van der Waals surface area (Å²) in [6.07, 6.45) is 0.129. The molecule has 0 saturated heterocycles. The van der Waals surface area contributed by atoms with Gasteiger partial charge in [0.25, 0.3) is 0 Å². The summed E-state index contributed by atoms with van der Waals surface area (Å²) in [5.74, 6) is 0.897. The molecule has 0 aliphatic heterocycles. The third kappa shape index (κ3) is 4.11. The lowest BCUT2D eigenvalue weighted by atomic mass is 10.0. The molecule has 1 unspecified atom stereocenters. The standard InChI is InChI=1S/C15H19FN4O/c1-9(2)14(15-17-10(3)19-20-15)18-13(21)8-11-5-4-6-12(16)7-11/h4-7,9,14H,8H2,1-3H3,(H,18,21)(H,17,19,20). The van der Waals surface area contributed by atoms with Crippen LogP contribution in [0.4, 0.5) is 4.39 Å². The number of hydrogen-bond acceptors (Lipinski definition) is 3. The second-order valence-corrected chi connectivity index (χ2v) is 5.37. The van der Waals surface area contributed by atoms with Gasteiger partial charge in [0.1, 0.15) is 11.6 Å². The first-order valence-corrected chi connectivity index (χ1v) is 6.88. The maximum absolute atomic E-state index is 13.1. The monoisotopic (exact) mass is 290 g/mol. The van der Waals surface area contributed by atoms with Gasteiger partial charge < -0.3 is 5.32 Å². The Morgan fingerprint density at radius 1 is 1.43 bits per heavy atom. The van der Waals surface area contributed by atoms with Crippen LogP contribution in [0.25, 0.3) is 0 Å². The number of H-pyrrole nitrogens is 1. The zero-order chi connectivity index (χ0) is 15.4. The van der Waals surface area contributed by atoms with E-state index in [1.165, 1.54) is 12.1 Å². The predicted molar refractivity (Wildman–Crippen MR) is 76.9 cm³/mol. The van der Waals surface area contributed by atoms with Crippen molar-refractivity contribution in [3.63, 3.8) is 0 Å². The van der Waals surface area contributed by atoms with Crippen LogP contribution in [0.15, 0.2) is 24.3 Å². The van der Waals surface area contributed by atoms with Gasteiger partial charge in [-0.3, -0.25) is 9.89 Å². The molecule has 0 radical (unpaired) electrons. The van der Waals surface area contributed by atoms with E-state index in [0.29, 0.717) is 17.2 Å². The number of carbonyl (C=O) groups is 1. The van der Waals surface area contributed by atoms with Crippen molar-refractivity contribution in [2.24, 2.45) is 5.92 Å². The summed E-state index contributed by atoms with van der Waals surface area (Å²) in [7, 11) is 0. The first-order chi connectivity index (χ1) is 9.95. The molecule has 5 nitrogen and oxygen atoms in total. The Hall–Kier alpha value is -2.24. The summed E-state index contributed by atoms with van der Waals surface area (Å²) in [4.78, 5) is 16.4. The van der Waals surface area contributed by atoms with Crippen molar-refractivity contribution in [3.8, 4) is 0 Å². The number of amides is 1. The summed E-state index contributed by atoms with van der Waals surface area (Å²) in [6, 6.07) is 5.77. The van der Waals surface area contributed by atoms with E-state index in [1.807, 2.05) is 20.8 Å². The van der Waals surface area contributed by atoms with Crippen molar-refractivity contribution in [1.82, 2.24) is 20.5 Å². The average Bonchev–Trinajstić information content (AvgIpc) is 2.82. The Labute approximate surface area is 123 Å². The molecule has 1 heterocycles. The first kappa shape index (κ1) is 15.2. The van der Waals surface area contributed by atoms with Crippen LogP contribution < -0.4 is 5.32 Å². The van der Waals surface area contributed by atoms with Gasteiger partial charge in [-0.15, -0.1) is 0 Å². The molecule has 6 heteroatoms. The molecule has 0 bridgehead atoms. The largest absolute Gasteiger partial charge is 0.345 e. The molecular weight excluding hydrogens is 271 g/mol. The zero-order valence-electron chi connectivity index (χ0n) is 12.4. The van der Waals surface area contributed by atoms with Crippen LogP contribution in [0, 0.1) is 18.7 Å². The molecule has 1 amide bonds. The molecule has 0 aliphatic carbocycles. The van der Waals surface area contributed by atoms with Gasteiger partial charge in [-0.1, -0.05) is 26.0 Å². The first-order valence-electron chi connectivity index (χ1n) is 6.88. The summed E-state index contributed by atoms with van der Waals surface area (Å²) in [5.41, 5.74) is 0.640. The minimum atomic E-state index is -0.342. The van der Waals surface area contributed by atoms with E-state index in [4.69, 9.17) is 0 Å². The van der Waals surface area contributed by atoms with Gasteiger partial charge in [-0.2, -0.15) is 5.10 Å². The summed E-state index contributed by atoms with van der Waals surface area (Å²) < 4.78 is 13.1. The number of nitrogens with zero attached hydrogens (tertiary/aromatic N) is 2. The van der Waals surface area contributed by atoms with Gasteiger partial charge in [-0.25, -0.2) is 9.37 Å². The van der Waals surface area contributed by atoms with Gasteiger partial charge in [0, 0.05) is 0 Å². The van der Waals surface area contributed by atoms with E-state index >= 15 is 0 Å². The van der Waals surface area contributed by atoms with Crippen molar-refractivity contribution in [1.29, 1.82) is 0 Å². The van der Waals surface area contributed by atoms with E-state index in [2.05, 4.69) is 20.5 Å². The van der Waals surface area contributed by atoms with E-state index in [9.17, 15) is 9.18 Å². The maximum Gasteiger partial charge on any atom is 0.225 e. The van der Waals surface area contributed by atoms with Gasteiger partial charge in [0.05, 0.1) is 12.5 Å². The number of halogens is 1. The number of hydrogen-bond donors (Lipinski definition) is 2. The van der Waals surface area contributed by atoms with Crippen LogP contribution in [-0.4, -0.2) is 21.1 Å². The Kier molecular flexibility index (Phi) is 4.67. The number of benzene rings is 1. The molecule has 2 N–H and O–H groups in total. The highest BCUT2D eigenvalue weighted by molar-refractivity contribution is 5.78. The lowest BCUT2D eigenvalue weighted by Gasteiger charge is -2.19. The molecule has 21 heavy (non-hydrogen) atoms. The quantitative estimate of drug-likeness (QED) is 0.887. The second-order valence-electron chi connectivity index (χ2n) is 5.37. The highest BCUT2D eigenvalue weighted by Gasteiger charge is 2.22. The van der Waals surface area contributed by atoms with Gasteiger partial charge in [0.2, 0.25) is 5.91 Å². The van der Waals surface area contributed by atoms with Gasteiger partial charge >= 0.3 is 0 Å². The average molecular weight is 290 g/mol. The third-order valence-electron chi connectivity index (χ3n) is 3.13. The molecule has 1 aromatic carbocycles. The number of nitrogens with one attached hydrogen (secondary N) is 2. The Bertz CT molecular complexity index is 624.